The fourth-order valence-corrected chi connectivity index (χ4v) is 1.14. The van der Waals surface area contributed by atoms with Crippen molar-refractivity contribution in [3.8, 4) is 0 Å². The number of nitrogens with one attached hydrogen (secondary N) is 1. The minimum atomic E-state index is -0.990. The summed E-state index contributed by atoms with van der Waals surface area (Å²) in [7, 11) is 1.51. The van der Waals surface area contributed by atoms with Crippen LogP contribution in [0.2, 0.25) is 0 Å². The minimum absolute atomic E-state index is 0.185. The first kappa shape index (κ1) is 13.9. The molecule has 2 N–H and O–H groups in total. The summed E-state index contributed by atoms with van der Waals surface area (Å²) >= 11 is 0. The van der Waals surface area contributed by atoms with Gasteiger partial charge in [0.15, 0.2) is 0 Å². The van der Waals surface area contributed by atoms with Crippen LogP contribution in [-0.2, 0) is 14.3 Å². The van der Waals surface area contributed by atoms with E-state index in [1.165, 1.54) is 7.11 Å². The van der Waals surface area contributed by atoms with Gasteiger partial charge in [-0.3, -0.25) is 4.79 Å². The van der Waals surface area contributed by atoms with E-state index in [0.717, 1.165) is 6.42 Å². The average Bonchev–Trinajstić information content (AvgIpc) is 2.16. The highest BCUT2D eigenvalue weighted by molar-refractivity contribution is 5.83. The van der Waals surface area contributed by atoms with Crippen LogP contribution in [0.5, 0.6) is 0 Å². The number of aliphatic carboxylic acids is 1. The molecule has 2 unspecified atom stereocenters. The fourth-order valence-electron chi connectivity index (χ4n) is 1.14. The van der Waals surface area contributed by atoms with Crippen LogP contribution >= 0.6 is 0 Å². The largest absolute Gasteiger partial charge is 0.480 e. The lowest BCUT2D eigenvalue weighted by Crippen LogP contribution is -2.41. The van der Waals surface area contributed by atoms with Gasteiger partial charge in [0, 0.05) is 7.11 Å². The van der Waals surface area contributed by atoms with Crippen LogP contribution in [0, 0.1) is 0 Å². The molecule has 88 valence electrons. The zero-order valence-corrected chi connectivity index (χ0v) is 9.45. The Morgan fingerprint density at radius 3 is 2.47 bits per heavy atom. The Labute approximate surface area is 89.8 Å². The van der Waals surface area contributed by atoms with Gasteiger partial charge in [-0.2, -0.15) is 0 Å². The number of carbonyl (C=O) groups excluding carboxylic acids is 1. The lowest BCUT2D eigenvalue weighted by molar-refractivity contribution is -0.142. The molecule has 0 aliphatic heterocycles. The van der Waals surface area contributed by atoms with Crippen molar-refractivity contribution >= 4 is 11.9 Å². The summed E-state index contributed by atoms with van der Waals surface area (Å²) in [5.41, 5.74) is 0. The summed E-state index contributed by atoms with van der Waals surface area (Å²) in [5.74, 6) is -1.28. The summed E-state index contributed by atoms with van der Waals surface area (Å²) < 4.78 is 4.91. The maximum absolute atomic E-state index is 11.3. The molecule has 0 aromatic heterocycles. The zero-order chi connectivity index (χ0) is 11.8. The van der Waals surface area contributed by atoms with Crippen molar-refractivity contribution < 1.29 is 19.4 Å². The van der Waals surface area contributed by atoms with Gasteiger partial charge in [0.2, 0.25) is 5.91 Å². The number of hydrogen-bond acceptors (Lipinski definition) is 3. The van der Waals surface area contributed by atoms with Gasteiger partial charge in [-0.15, -0.1) is 0 Å². The quantitative estimate of drug-likeness (QED) is 0.660. The topological polar surface area (TPSA) is 75.6 Å². The molecular formula is C10H19NO4. The molecule has 0 aromatic rings. The number of carbonyl (C=O) groups is 2. The first-order chi connectivity index (χ1) is 7.01. The van der Waals surface area contributed by atoms with Gasteiger partial charge in [-0.1, -0.05) is 13.3 Å². The third kappa shape index (κ3) is 6.06. The van der Waals surface area contributed by atoms with Crippen molar-refractivity contribution in [2.45, 2.75) is 45.3 Å². The summed E-state index contributed by atoms with van der Waals surface area (Å²) in [6.07, 6.45) is 1.16. The molecule has 0 radical (unpaired) electrons. The van der Waals surface area contributed by atoms with Gasteiger partial charge >= 0.3 is 5.97 Å². The number of ether oxygens (including phenoxy) is 1. The smallest absolute Gasteiger partial charge is 0.326 e. The van der Waals surface area contributed by atoms with Crippen molar-refractivity contribution in [2.75, 3.05) is 7.11 Å². The molecule has 0 saturated carbocycles. The second kappa shape index (κ2) is 7.23. The standard InChI is InChI=1S/C10H19NO4/c1-4-5-8(10(13)14)11-9(12)6-7(2)15-3/h7-8H,4-6H2,1-3H3,(H,11,12)(H,13,14). The molecule has 0 aromatic carbocycles. The van der Waals surface area contributed by atoms with Gasteiger partial charge in [0.1, 0.15) is 6.04 Å². The van der Waals surface area contributed by atoms with E-state index in [1.54, 1.807) is 6.92 Å². The maximum atomic E-state index is 11.3. The predicted molar refractivity (Wildman–Crippen MR) is 55.6 cm³/mol. The molecule has 15 heavy (non-hydrogen) atoms. The molecular weight excluding hydrogens is 198 g/mol. The van der Waals surface area contributed by atoms with Crippen LogP contribution in [0.15, 0.2) is 0 Å². The van der Waals surface area contributed by atoms with E-state index in [0.29, 0.717) is 6.42 Å². The summed E-state index contributed by atoms with van der Waals surface area (Å²) in [6, 6.07) is -0.786. The lowest BCUT2D eigenvalue weighted by Gasteiger charge is -2.15. The number of carboxylic acids is 1. The van der Waals surface area contributed by atoms with E-state index in [2.05, 4.69) is 5.32 Å². The van der Waals surface area contributed by atoms with Crippen LogP contribution in [0.4, 0.5) is 0 Å². The molecule has 0 rings (SSSR count). The number of amides is 1. The minimum Gasteiger partial charge on any atom is -0.480 e. The third-order valence-electron chi connectivity index (χ3n) is 2.09. The van der Waals surface area contributed by atoms with Crippen LogP contribution in [0.3, 0.4) is 0 Å². The molecule has 0 saturated heterocycles. The van der Waals surface area contributed by atoms with Crippen LogP contribution in [-0.4, -0.2) is 36.2 Å². The van der Waals surface area contributed by atoms with Gasteiger partial charge in [-0.05, 0) is 13.3 Å². The number of methoxy groups -OCH3 is 1. The third-order valence-corrected chi connectivity index (χ3v) is 2.09. The van der Waals surface area contributed by atoms with Gasteiger partial charge in [-0.25, -0.2) is 4.79 Å². The highest BCUT2D eigenvalue weighted by Crippen LogP contribution is 2.00. The van der Waals surface area contributed by atoms with Gasteiger partial charge in [0.05, 0.1) is 12.5 Å². The summed E-state index contributed by atoms with van der Waals surface area (Å²) in [5, 5.41) is 11.3. The summed E-state index contributed by atoms with van der Waals surface area (Å²) in [6.45, 7) is 3.63. The molecule has 0 bridgehead atoms. The molecule has 0 aliphatic rings. The van der Waals surface area contributed by atoms with Crippen LogP contribution in [0.25, 0.3) is 0 Å². The van der Waals surface area contributed by atoms with E-state index in [9.17, 15) is 9.59 Å². The summed E-state index contributed by atoms with van der Waals surface area (Å²) in [4.78, 5) is 22.1. The van der Waals surface area contributed by atoms with E-state index < -0.39 is 12.0 Å². The molecule has 5 heteroatoms. The SMILES string of the molecule is CCCC(NC(=O)CC(C)OC)C(=O)O. The Morgan fingerprint density at radius 1 is 1.47 bits per heavy atom. The molecule has 0 aliphatic carbocycles. The van der Waals surface area contributed by atoms with Gasteiger partial charge in [0.25, 0.3) is 0 Å². The van der Waals surface area contributed by atoms with Crippen LogP contribution < -0.4 is 5.32 Å². The van der Waals surface area contributed by atoms with Crippen molar-refractivity contribution in [1.29, 1.82) is 0 Å². The molecule has 0 fully saturated rings. The maximum Gasteiger partial charge on any atom is 0.326 e. The van der Waals surface area contributed by atoms with Gasteiger partial charge < -0.3 is 15.2 Å². The highest BCUT2D eigenvalue weighted by Gasteiger charge is 2.19. The predicted octanol–water partition coefficient (Wildman–Crippen LogP) is 0.781. The van der Waals surface area contributed by atoms with Crippen molar-refractivity contribution in [1.82, 2.24) is 5.32 Å². The first-order valence-electron chi connectivity index (χ1n) is 5.06. The van der Waals surface area contributed by atoms with Crippen molar-refractivity contribution in [3.63, 3.8) is 0 Å². The first-order valence-corrected chi connectivity index (χ1v) is 5.06. The fraction of sp³-hybridized carbons (Fsp3) is 0.800. The molecule has 0 spiro atoms. The van der Waals surface area contributed by atoms with E-state index in [1.807, 2.05) is 6.92 Å². The normalized spacial score (nSPS) is 14.3. The van der Waals surface area contributed by atoms with Crippen LogP contribution in [0.1, 0.15) is 33.1 Å². The Bertz CT molecular complexity index is 217. The highest BCUT2D eigenvalue weighted by atomic mass is 16.5. The molecule has 1 amide bonds. The Kier molecular flexibility index (Phi) is 6.70. The Hall–Kier alpha value is -1.10. The monoisotopic (exact) mass is 217 g/mol. The lowest BCUT2D eigenvalue weighted by atomic mass is 10.1. The van der Waals surface area contributed by atoms with E-state index in [-0.39, 0.29) is 18.4 Å². The number of carboxylic acid groups (broad SMARTS) is 1. The molecule has 0 heterocycles. The second-order valence-corrected chi connectivity index (χ2v) is 3.50. The Balaban J connectivity index is 4.05. The average molecular weight is 217 g/mol. The zero-order valence-electron chi connectivity index (χ0n) is 9.45. The Morgan fingerprint density at radius 2 is 2.07 bits per heavy atom. The molecule has 2 atom stereocenters. The number of hydrogen-bond donors (Lipinski definition) is 2. The number of rotatable bonds is 7. The van der Waals surface area contributed by atoms with Crippen molar-refractivity contribution in [2.24, 2.45) is 0 Å². The van der Waals surface area contributed by atoms with E-state index in [4.69, 9.17) is 9.84 Å². The van der Waals surface area contributed by atoms with Crippen molar-refractivity contribution in [3.05, 3.63) is 0 Å². The second-order valence-electron chi connectivity index (χ2n) is 3.50. The molecule has 5 nitrogen and oxygen atoms in total. The van der Waals surface area contributed by atoms with E-state index >= 15 is 0 Å².